The topological polar surface area (TPSA) is 66.9 Å². The number of nitrogens with zero attached hydrogens (tertiary/aromatic N) is 3. The Kier molecular flexibility index (Phi) is 6.22. The summed E-state index contributed by atoms with van der Waals surface area (Å²) in [7, 11) is 3.51. The van der Waals surface area contributed by atoms with Crippen molar-refractivity contribution in [1.82, 2.24) is 14.8 Å². The van der Waals surface area contributed by atoms with Gasteiger partial charge in [0.1, 0.15) is 6.04 Å². The van der Waals surface area contributed by atoms with E-state index >= 15 is 0 Å². The summed E-state index contributed by atoms with van der Waals surface area (Å²) in [4.78, 5) is 21.8. The summed E-state index contributed by atoms with van der Waals surface area (Å²) in [6, 6.07) is 11.7. The molecule has 0 saturated carbocycles. The number of aromatic nitrogens is 1. The highest BCUT2D eigenvalue weighted by molar-refractivity contribution is 6.09. The first-order chi connectivity index (χ1) is 16.1. The molecule has 0 spiro atoms. The minimum Gasteiger partial charge on any atom is -0.493 e. The molecule has 2 aliphatic heterocycles. The van der Waals surface area contributed by atoms with Gasteiger partial charge in [0.2, 0.25) is 5.91 Å². The third-order valence-corrected chi connectivity index (χ3v) is 6.79. The lowest BCUT2D eigenvalue weighted by molar-refractivity contribution is -0.127. The van der Waals surface area contributed by atoms with E-state index in [1.165, 1.54) is 25.9 Å². The van der Waals surface area contributed by atoms with Gasteiger partial charge < -0.3 is 24.6 Å². The summed E-state index contributed by atoms with van der Waals surface area (Å²) in [6.07, 6.45) is 4.37. The van der Waals surface area contributed by atoms with Gasteiger partial charge in [-0.1, -0.05) is 18.2 Å². The SMILES string of the molecule is COc1cc2c(NC3CCN(C)C3=O)c3ccccc3nc2cc1OCCCN1CCCC1. The zero-order chi connectivity index (χ0) is 22.8. The van der Waals surface area contributed by atoms with Crippen LogP contribution in [0.1, 0.15) is 25.7 Å². The molecule has 2 fully saturated rings. The molecule has 5 rings (SSSR count). The first-order valence-electron chi connectivity index (χ1n) is 11.9. The molecule has 1 N–H and O–H groups in total. The fraction of sp³-hybridized carbons (Fsp3) is 0.462. The Hall–Kier alpha value is -3.06. The monoisotopic (exact) mass is 448 g/mol. The van der Waals surface area contributed by atoms with Crippen LogP contribution in [0.15, 0.2) is 36.4 Å². The number of carbonyl (C=O) groups is 1. The molecule has 1 unspecified atom stereocenters. The number of likely N-dealkylation sites (N-methyl/N-ethyl adjacent to an activating group) is 1. The van der Waals surface area contributed by atoms with E-state index in [-0.39, 0.29) is 11.9 Å². The summed E-state index contributed by atoms with van der Waals surface area (Å²) in [6.45, 7) is 4.86. The Morgan fingerprint density at radius 3 is 2.64 bits per heavy atom. The number of hydrogen-bond acceptors (Lipinski definition) is 6. The van der Waals surface area contributed by atoms with Crippen molar-refractivity contribution in [1.29, 1.82) is 0 Å². The van der Waals surface area contributed by atoms with Gasteiger partial charge in [-0.25, -0.2) is 4.98 Å². The summed E-state index contributed by atoms with van der Waals surface area (Å²) < 4.78 is 11.8. The summed E-state index contributed by atoms with van der Waals surface area (Å²) in [5.74, 6) is 1.50. The maximum atomic E-state index is 12.6. The second-order valence-electron chi connectivity index (χ2n) is 9.02. The largest absolute Gasteiger partial charge is 0.493 e. The number of nitrogens with one attached hydrogen (secondary N) is 1. The average molecular weight is 449 g/mol. The van der Waals surface area contributed by atoms with Crippen LogP contribution in [0, 0.1) is 0 Å². The van der Waals surface area contributed by atoms with Crippen molar-refractivity contribution in [3.05, 3.63) is 36.4 Å². The number of likely N-dealkylation sites (tertiary alicyclic amines) is 2. The Labute approximate surface area is 194 Å². The van der Waals surface area contributed by atoms with Crippen LogP contribution in [0.5, 0.6) is 11.5 Å². The number of carbonyl (C=O) groups excluding carboxylic acids is 1. The lowest BCUT2D eigenvalue weighted by atomic mass is 10.1. The summed E-state index contributed by atoms with van der Waals surface area (Å²) in [5.41, 5.74) is 2.63. The molecule has 2 aromatic carbocycles. The van der Waals surface area contributed by atoms with E-state index in [2.05, 4.69) is 10.2 Å². The van der Waals surface area contributed by atoms with E-state index in [9.17, 15) is 4.79 Å². The lowest BCUT2D eigenvalue weighted by Crippen LogP contribution is -2.31. The van der Waals surface area contributed by atoms with Crippen LogP contribution in [-0.4, -0.2) is 73.7 Å². The van der Waals surface area contributed by atoms with E-state index in [1.807, 2.05) is 43.4 Å². The van der Waals surface area contributed by atoms with Crippen LogP contribution in [0.4, 0.5) is 5.69 Å². The number of anilines is 1. The third kappa shape index (κ3) is 4.42. The van der Waals surface area contributed by atoms with Gasteiger partial charge in [-0.3, -0.25) is 4.79 Å². The number of ether oxygens (including phenoxy) is 2. The van der Waals surface area contributed by atoms with Gasteiger partial charge in [-0.15, -0.1) is 0 Å². The highest BCUT2D eigenvalue weighted by Crippen LogP contribution is 2.39. The minimum atomic E-state index is -0.239. The fourth-order valence-corrected chi connectivity index (χ4v) is 4.93. The number of para-hydroxylation sites is 1. The second-order valence-corrected chi connectivity index (χ2v) is 9.02. The first-order valence-corrected chi connectivity index (χ1v) is 11.9. The average Bonchev–Trinajstić information content (AvgIpc) is 3.46. The van der Waals surface area contributed by atoms with Crippen molar-refractivity contribution in [3.8, 4) is 11.5 Å². The van der Waals surface area contributed by atoms with E-state index in [0.29, 0.717) is 18.1 Å². The Morgan fingerprint density at radius 2 is 1.88 bits per heavy atom. The highest BCUT2D eigenvalue weighted by atomic mass is 16.5. The van der Waals surface area contributed by atoms with E-state index < -0.39 is 0 Å². The van der Waals surface area contributed by atoms with Gasteiger partial charge in [0, 0.05) is 37.0 Å². The number of methoxy groups -OCH3 is 1. The van der Waals surface area contributed by atoms with Crippen molar-refractivity contribution >= 4 is 33.4 Å². The Morgan fingerprint density at radius 1 is 1.06 bits per heavy atom. The Bertz CT molecular complexity index is 1160. The van der Waals surface area contributed by atoms with Gasteiger partial charge >= 0.3 is 0 Å². The first kappa shape index (κ1) is 21.8. The van der Waals surface area contributed by atoms with Crippen molar-refractivity contribution in [3.63, 3.8) is 0 Å². The molecule has 2 aliphatic rings. The standard InChI is InChI=1S/C26H32N4O3/c1-29-14-10-21(26(29)31)28-25-18-8-3-4-9-20(18)27-22-17-24(23(32-2)16-19(22)25)33-15-7-13-30-11-5-6-12-30/h3-4,8-9,16-17,21H,5-7,10-15H2,1-2H3,(H,27,28). The van der Waals surface area contributed by atoms with E-state index in [4.69, 9.17) is 14.5 Å². The van der Waals surface area contributed by atoms with Crippen LogP contribution in [0.3, 0.4) is 0 Å². The molecule has 3 aromatic rings. The molecule has 0 bridgehead atoms. The number of rotatable bonds is 8. The van der Waals surface area contributed by atoms with E-state index in [1.54, 1.807) is 12.0 Å². The molecule has 2 saturated heterocycles. The molecule has 33 heavy (non-hydrogen) atoms. The van der Waals surface area contributed by atoms with Gasteiger partial charge in [0.05, 0.1) is 30.4 Å². The molecule has 0 aliphatic carbocycles. The number of fused-ring (bicyclic) bond motifs is 2. The fourth-order valence-electron chi connectivity index (χ4n) is 4.93. The van der Waals surface area contributed by atoms with Crippen molar-refractivity contribution in [2.75, 3.05) is 52.3 Å². The quantitative estimate of drug-likeness (QED) is 0.416. The second kappa shape index (κ2) is 9.43. The maximum Gasteiger partial charge on any atom is 0.244 e. The van der Waals surface area contributed by atoms with Crippen molar-refractivity contribution in [2.24, 2.45) is 0 Å². The third-order valence-electron chi connectivity index (χ3n) is 6.79. The normalized spacial score (nSPS) is 19.0. The van der Waals surface area contributed by atoms with Crippen LogP contribution in [0.2, 0.25) is 0 Å². The maximum absolute atomic E-state index is 12.6. The molecule has 1 amide bonds. The van der Waals surface area contributed by atoms with Crippen LogP contribution >= 0.6 is 0 Å². The number of hydrogen-bond donors (Lipinski definition) is 1. The molecule has 174 valence electrons. The molecule has 7 heteroatoms. The zero-order valence-electron chi connectivity index (χ0n) is 19.5. The van der Waals surface area contributed by atoms with Gasteiger partial charge in [0.25, 0.3) is 0 Å². The van der Waals surface area contributed by atoms with Gasteiger partial charge in [0.15, 0.2) is 11.5 Å². The molecular formula is C26H32N4O3. The molecule has 1 atom stereocenters. The van der Waals surface area contributed by atoms with Gasteiger partial charge in [-0.05, 0) is 50.9 Å². The number of benzene rings is 2. The molecule has 0 radical (unpaired) electrons. The predicted molar refractivity (Wildman–Crippen MR) is 131 cm³/mol. The number of pyridine rings is 1. The Balaban J connectivity index is 1.46. The molecule has 3 heterocycles. The van der Waals surface area contributed by atoms with Gasteiger partial charge in [-0.2, -0.15) is 0 Å². The molecule has 7 nitrogen and oxygen atoms in total. The number of amides is 1. The van der Waals surface area contributed by atoms with E-state index in [0.717, 1.165) is 53.4 Å². The minimum absolute atomic E-state index is 0.119. The van der Waals surface area contributed by atoms with Crippen LogP contribution in [-0.2, 0) is 4.79 Å². The predicted octanol–water partition coefficient (Wildman–Crippen LogP) is 3.90. The molecular weight excluding hydrogens is 416 g/mol. The summed E-state index contributed by atoms with van der Waals surface area (Å²) in [5, 5.41) is 5.45. The van der Waals surface area contributed by atoms with Crippen LogP contribution in [0.25, 0.3) is 21.8 Å². The smallest absolute Gasteiger partial charge is 0.244 e. The zero-order valence-corrected chi connectivity index (χ0v) is 19.5. The lowest BCUT2D eigenvalue weighted by Gasteiger charge is -2.19. The molecule has 1 aromatic heterocycles. The van der Waals surface area contributed by atoms with Crippen molar-refractivity contribution < 1.29 is 14.3 Å². The summed E-state index contributed by atoms with van der Waals surface area (Å²) >= 11 is 0. The van der Waals surface area contributed by atoms with Crippen LogP contribution < -0.4 is 14.8 Å². The highest BCUT2D eigenvalue weighted by Gasteiger charge is 2.30. The van der Waals surface area contributed by atoms with Crippen molar-refractivity contribution in [2.45, 2.75) is 31.7 Å².